The van der Waals surface area contributed by atoms with Gasteiger partial charge in [-0.1, -0.05) is 34.6 Å². The number of hydrogen-bond acceptors (Lipinski definition) is 2. The Morgan fingerprint density at radius 3 is 2.11 bits per heavy atom. The molecule has 0 aliphatic rings. The van der Waals surface area contributed by atoms with Crippen LogP contribution < -0.4 is 5.32 Å². The predicted molar refractivity (Wildman–Crippen MR) is 78.5 cm³/mol. The van der Waals surface area contributed by atoms with E-state index in [-0.39, 0.29) is 9.64 Å². The average Bonchev–Trinajstić information content (AvgIpc) is 2.21. The average molecular weight is 287 g/mol. The lowest BCUT2D eigenvalue weighted by atomic mass is 10.2. The second-order valence-corrected chi connectivity index (χ2v) is 7.96. The lowest BCUT2D eigenvalue weighted by Crippen LogP contribution is -2.19. The van der Waals surface area contributed by atoms with E-state index in [0.29, 0.717) is 18.0 Å². The largest absolute Gasteiger partial charge is 0.312 e. The molecule has 4 heteroatoms. The van der Waals surface area contributed by atoms with Gasteiger partial charge in [0.1, 0.15) is 11.6 Å². The Kier molecular flexibility index (Phi) is 5.81. The van der Waals surface area contributed by atoms with Crippen molar-refractivity contribution >= 4 is 11.8 Å². The van der Waals surface area contributed by atoms with Crippen LogP contribution in [0, 0.1) is 17.6 Å². The van der Waals surface area contributed by atoms with Crippen molar-refractivity contribution < 1.29 is 8.78 Å². The highest BCUT2D eigenvalue weighted by molar-refractivity contribution is 8.00. The van der Waals surface area contributed by atoms with Gasteiger partial charge in [0.15, 0.2) is 0 Å². The molecule has 0 bridgehead atoms. The summed E-state index contributed by atoms with van der Waals surface area (Å²) in [4.78, 5) is 0.111. The summed E-state index contributed by atoms with van der Waals surface area (Å²) in [5, 5.41) is 3.18. The molecule has 0 spiro atoms. The summed E-state index contributed by atoms with van der Waals surface area (Å²) in [5.41, 5.74) is 0.647. The molecule has 0 radical (unpaired) electrons. The maximum absolute atomic E-state index is 13.9. The van der Waals surface area contributed by atoms with E-state index in [4.69, 9.17) is 0 Å². The van der Waals surface area contributed by atoms with Crippen LogP contribution in [0.2, 0.25) is 0 Å². The van der Waals surface area contributed by atoms with Crippen LogP contribution in [0.1, 0.15) is 40.2 Å². The number of benzene rings is 1. The molecule has 108 valence electrons. The molecule has 19 heavy (non-hydrogen) atoms. The first-order chi connectivity index (χ1) is 8.69. The molecule has 0 aromatic heterocycles. The van der Waals surface area contributed by atoms with Crippen molar-refractivity contribution in [1.29, 1.82) is 0 Å². The van der Waals surface area contributed by atoms with E-state index < -0.39 is 11.6 Å². The predicted octanol–water partition coefficient (Wildman–Crippen LogP) is 4.60. The van der Waals surface area contributed by atoms with E-state index in [0.717, 1.165) is 6.54 Å². The van der Waals surface area contributed by atoms with Crippen LogP contribution in [0.4, 0.5) is 8.78 Å². The molecule has 1 N–H and O–H groups in total. The number of halogens is 2. The Morgan fingerprint density at radius 1 is 1.16 bits per heavy atom. The van der Waals surface area contributed by atoms with Gasteiger partial charge in [0.25, 0.3) is 0 Å². The fraction of sp³-hybridized carbons (Fsp3) is 0.600. The zero-order valence-corrected chi connectivity index (χ0v) is 13.1. The Morgan fingerprint density at radius 2 is 1.68 bits per heavy atom. The maximum Gasteiger partial charge on any atom is 0.140 e. The van der Waals surface area contributed by atoms with Gasteiger partial charge >= 0.3 is 0 Å². The van der Waals surface area contributed by atoms with Gasteiger partial charge in [-0.15, -0.1) is 11.8 Å². The number of rotatable bonds is 5. The first kappa shape index (κ1) is 16.4. The molecular weight excluding hydrogens is 264 g/mol. The van der Waals surface area contributed by atoms with Gasteiger partial charge < -0.3 is 5.32 Å². The number of hydrogen-bond donors (Lipinski definition) is 1. The van der Waals surface area contributed by atoms with Crippen LogP contribution in [-0.4, -0.2) is 11.3 Å². The van der Waals surface area contributed by atoms with Crippen LogP contribution in [0.15, 0.2) is 17.0 Å². The van der Waals surface area contributed by atoms with E-state index in [1.807, 2.05) is 20.8 Å². The third-order valence-corrected chi connectivity index (χ3v) is 3.55. The smallest absolute Gasteiger partial charge is 0.140 e. The maximum atomic E-state index is 13.9. The van der Waals surface area contributed by atoms with Crippen LogP contribution in [-0.2, 0) is 6.54 Å². The molecule has 0 saturated heterocycles. The SMILES string of the molecule is CC(C)CNCc1cc(F)c(SC(C)(C)C)c(F)c1. The van der Waals surface area contributed by atoms with Crippen molar-refractivity contribution in [1.82, 2.24) is 5.32 Å². The number of nitrogens with one attached hydrogen (secondary N) is 1. The standard InChI is InChI=1S/C15H23F2NS/c1-10(2)8-18-9-11-6-12(16)14(13(17)7-11)19-15(3,4)5/h6-7,10,18H,8-9H2,1-5H3. The van der Waals surface area contributed by atoms with Gasteiger partial charge in [0, 0.05) is 11.3 Å². The van der Waals surface area contributed by atoms with E-state index in [1.165, 1.54) is 23.9 Å². The second-order valence-electron chi connectivity index (χ2n) is 6.13. The molecule has 0 unspecified atom stereocenters. The fourth-order valence-electron chi connectivity index (χ4n) is 1.62. The Hall–Kier alpha value is -0.610. The van der Waals surface area contributed by atoms with Crippen LogP contribution >= 0.6 is 11.8 Å². The molecule has 1 rings (SSSR count). The van der Waals surface area contributed by atoms with Gasteiger partial charge in [-0.25, -0.2) is 8.78 Å². The molecule has 1 aromatic carbocycles. The monoisotopic (exact) mass is 287 g/mol. The zero-order chi connectivity index (χ0) is 14.6. The minimum atomic E-state index is -0.471. The van der Waals surface area contributed by atoms with E-state index >= 15 is 0 Å². The van der Waals surface area contributed by atoms with Crippen molar-refractivity contribution in [3.05, 3.63) is 29.3 Å². The van der Waals surface area contributed by atoms with Crippen molar-refractivity contribution in [2.24, 2.45) is 5.92 Å². The van der Waals surface area contributed by atoms with Crippen molar-refractivity contribution in [2.75, 3.05) is 6.54 Å². The molecule has 1 nitrogen and oxygen atoms in total. The lowest BCUT2D eigenvalue weighted by Gasteiger charge is -2.19. The summed E-state index contributed by atoms with van der Waals surface area (Å²) >= 11 is 1.22. The van der Waals surface area contributed by atoms with Crippen molar-refractivity contribution in [3.63, 3.8) is 0 Å². The summed E-state index contributed by atoms with van der Waals surface area (Å²) in [5.74, 6) is -0.423. The Labute approximate surface area is 119 Å². The summed E-state index contributed by atoms with van der Waals surface area (Å²) < 4.78 is 27.7. The van der Waals surface area contributed by atoms with Crippen LogP contribution in [0.5, 0.6) is 0 Å². The zero-order valence-electron chi connectivity index (χ0n) is 12.3. The van der Waals surface area contributed by atoms with Crippen LogP contribution in [0.3, 0.4) is 0 Å². The number of thioether (sulfide) groups is 1. The fourth-order valence-corrected chi connectivity index (χ4v) is 2.55. The molecule has 0 fully saturated rings. The van der Waals surface area contributed by atoms with Gasteiger partial charge in [-0.3, -0.25) is 0 Å². The van der Waals surface area contributed by atoms with Crippen molar-refractivity contribution in [3.8, 4) is 0 Å². The van der Waals surface area contributed by atoms with Crippen LogP contribution in [0.25, 0.3) is 0 Å². The van der Waals surface area contributed by atoms with E-state index in [2.05, 4.69) is 19.2 Å². The molecule has 0 aliphatic carbocycles. The second kappa shape index (κ2) is 6.71. The van der Waals surface area contributed by atoms with Gasteiger partial charge in [0.2, 0.25) is 0 Å². The summed E-state index contributed by atoms with van der Waals surface area (Å²) in [6.45, 7) is 11.3. The first-order valence-corrected chi connectivity index (χ1v) is 7.38. The van der Waals surface area contributed by atoms with E-state index in [9.17, 15) is 8.78 Å². The molecule has 0 aliphatic heterocycles. The molecular formula is C15H23F2NS. The third kappa shape index (κ3) is 5.91. The van der Waals surface area contributed by atoms with Gasteiger partial charge in [-0.05, 0) is 30.2 Å². The van der Waals surface area contributed by atoms with E-state index in [1.54, 1.807) is 0 Å². The third-order valence-electron chi connectivity index (χ3n) is 2.35. The highest BCUT2D eigenvalue weighted by Gasteiger charge is 2.19. The quantitative estimate of drug-likeness (QED) is 0.794. The molecule has 0 atom stereocenters. The Bertz CT molecular complexity index is 402. The highest BCUT2D eigenvalue weighted by Crippen LogP contribution is 2.35. The van der Waals surface area contributed by atoms with Gasteiger partial charge in [-0.2, -0.15) is 0 Å². The summed E-state index contributed by atoms with van der Waals surface area (Å²) in [7, 11) is 0. The normalized spacial score (nSPS) is 12.2. The van der Waals surface area contributed by atoms with Gasteiger partial charge in [0.05, 0.1) is 4.90 Å². The molecule has 1 aromatic rings. The highest BCUT2D eigenvalue weighted by atomic mass is 32.2. The molecule has 0 saturated carbocycles. The minimum Gasteiger partial charge on any atom is -0.312 e. The molecule has 0 heterocycles. The minimum absolute atomic E-state index is 0.111. The summed E-state index contributed by atoms with van der Waals surface area (Å²) in [6, 6.07) is 2.84. The van der Waals surface area contributed by atoms with Crippen molar-refractivity contribution in [2.45, 2.75) is 50.8 Å². The molecule has 0 amide bonds. The first-order valence-electron chi connectivity index (χ1n) is 6.56. The summed E-state index contributed by atoms with van der Waals surface area (Å²) in [6.07, 6.45) is 0. The lowest BCUT2D eigenvalue weighted by molar-refractivity contribution is 0.524. The topological polar surface area (TPSA) is 12.0 Å². The Balaban J connectivity index is 2.79.